The van der Waals surface area contributed by atoms with Gasteiger partial charge >= 0.3 is 23.9 Å². The highest BCUT2D eigenvalue weighted by atomic mass is 32.2. The molecule has 0 radical (unpaired) electrons. The molecule has 4 aromatic rings. The van der Waals surface area contributed by atoms with Crippen molar-refractivity contribution in [2.75, 3.05) is 26.2 Å². The summed E-state index contributed by atoms with van der Waals surface area (Å²) < 4.78 is 1.12. The molecule has 8 rings (SSSR count). The Morgan fingerprint density at radius 1 is 0.345 bits per heavy atom. The molecule has 432 valence electrons. The minimum Gasteiger partial charge on any atom is -0.480 e. The van der Waals surface area contributed by atoms with E-state index in [2.05, 4.69) is 0 Å². The van der Waals surface area contributed by atoms with Gasteiger partial charge in [0.15, 0.2) is 0 Å². The van der Waals surface area contributed by atoms with Crippen LogP contribution in [0.3, 0.4) is 0 Å². The Morgan fingerprint density at radius 3 is 0.667 bits per heavy atom. The van der Waals surface area contributed by atoms with Gasteiger partial charge in [0.25, 0.3) is 23.6 Å². The lowest BCUT2D eigenvalue weighted by atomic mass is 10.1. The van der Waals surface area contributed by atoms with Gasteiger partial charge in [-0.15, -0.1) is 0 Å². The number of thiocarbonyl (C=S) groups is 4. The lowest BCUT2D eigenvalue weighted by molar-refractivity contribution is -0.140. The Hall–Kier alpha value is -7.68. The molecule has 0 saturated carbocycles. The fourth-order valence-electron chi connectivity index (χ4n) is 7.33. The zero-order chi connectivity index (χ0) is 61.6. The third-order valence-electron chi connectivity index (χ3n) is 10.9. The number of aliphatic carboxylic acids is 4. The van der Waals surface area contributed by atoms with E-state index in [9.17, 15) is 38.4 Å². The maximum Gasteiger partial charge on any atom is 0.323 e. The molecule has 4 aromatic carbocycles. The largest absolute Gasteiger partial charge is 0.480 e. The number of hydrogen-bond donors (Lipinski definition) is 4. The van der Waals surface area contributed by atoms with E-state index in [1.54, 1.807) is 24.3 Å². The van der Waals surface area contributed by atoms with Crippen molar-refractivity contribution in [3.05, 3.63) is 210 Å². The van der Waals surface area contributed by atoms with Gasteiger partial charge in [0.05, 0.1) is 19.6 Å². The summed E-state index contributed by atoms with van der Waals surface area (Å²) in [5, 5.41) is 35.1. The first kappa shape index (κ1) is 67.1. The number of carboxylic acids is 4. The van der Waals surface area contributed by atoms with E-state index >= 15 is 0 Å². The van der Waals surface area contributed by atoms with Gasteiger partial charge in [0.2, 0.25) is 0 Å². The van der Waals surface area contributed by atoms with Gasteiger partial charge in [-0.25, -0.2) is 0 Å². The lowest BCUT2D eigenvalue weighted by Crippen LogP contribution is -2.33. The van der Waals surface area contributed by atoms with Crippen LogP contribution >= 0.6 is 95.9 Å². The maximum atomic E-state index is 12.1. The van der Waals surface area contributed by atoms with Crippen molar-refractivity contribution in [2.24, 2.45) is 0 Å². The summed E-state index contributed by atoms with van der Waals surface area (Å²) in [4.78, 5) is 97.5. The van der Waals surface area contributed by atoms with E-state index in [0.29, 0.717) is 19.6 Å². The maximum absolute atomic E-state index is 12.1. The van der Waals surface area contributed by atoms with Crippen molar-refractivity contribution >= 4 is 185 Å². The van der Waals surface area contributed by atoms with Crippen LogP contribution in [0.1, 0.15) is 49.9 Å². The Labute approximate surface area is 523 Å². The summed E-state index contributed by atoms with van der Waals surface area (Å²) in [6.07, 6.45) is 14.7. The molecule has 0 aliphatic carbocycles. The van der Waals surface area contributed by atoms with Gasteiger partial charge in [-0.05, 0) is 96.5 Å². The van der Waals surface area contributed by atoms with Gasteiger partial charge in [0.1, 0.15) is 43.5 Å². The quantitative estimate of drug-likeness (QED) is 0.0603. The zero-order valence-electron chi connectivity index (χ0n) is 45.1. The third-order valence-corrected chi connectivity index (χ3v) is 16.4. The predicted octanol–water partition coefficient (Wildman–Crippen LogP) is 11.7. The second-order valence-corrected chi connectivity index (χ2v) is 24.5. The average molecular weight is 1280 g/mol. The van der Waals surface area contributed by atoms with Gasteiger partial charge in [-0.3, -0.25) is 58.0 Å². The number of nitrogens with zero attached hydrogens (tertiary/aromatic N) is 4. The number of allylic oxidation sites excluding steroid dienone is 8. The van der Waals surface area contributed by atoms with Crippen molar-refractivity contribution in [3.63, 3.8) is 0 Å². The Balaban J connectivity index is 0.000000205. The normalized spacial score (nSPS) is 17.7. The van der Waals surface area contributed by atoms with Crippen molar-refractivity contribution in [1.82, 2.24) is 19.6 Å². The first-order valence-electron chi connectivity index (χ1n) is 24.7. The highest BCUT2D eigenvalue weighted by Gasteiger charge is 2.36. The molecule has 4 saturated heterocycles. The van der Waals surface area contributed by atoms with Crippen molar-refractivity contribution in [1.29, 1.82) is 0 Å². The Morgan fingerprint density at radius 2 is 0.512 bits per heavy atom. The molecule has 0 aromatic heterocycles. The molecule has 84 heavy (non-hydrogen) atoms. The molecule has 4 aliphatic heterocycles. The fraction of sp³-hybridized carbons (Fsp3) is 0.133. The summed E-state index contributed by atoms with van der Waals surface area (Å²) in [6, 6.07) is 38.9. The number of rotatable bonds is 16. The smallest absolute Gasteiger partial charge is 0.323 e. The molecule has 0 bridgehead atoms. The first-order chi connectivity index (χ1) is 39.9. The van der Waals surface area contributed by atoms with Crippen LogP contribution in [0.4, 0.5) is 0 Å². The molecule has 4 heterocycles. The molecule has 0 unspecified atom stereocenters. The Kier molecular flexibility index (Phi) is 26.3. The molecule has 0 atom stereocenters. The number of carbonyl (C=O) groups is 8. The van der Waals surface area contributed by atoms with Crippen molar-refractivity contribution < 1.29 is 58.8 Å². The van der Waals surface area contributed by atoms with E-state index in [1.165, 1.54) is 0 Å². The molecule has 24 heteroatoms. The molecule has 4 N–H and O–H groups in total. The number of thioether (sulfide) groups is 4. The highest BCUT2D eigenvalue weighted by Crippen LogP contribution is 2.35. The molecule has 0 spiro atoms. The first-order valence-corrected chi connectivity index (χ1v) is 29.6. The molecule has 16 nitrogen and oxygen atoms in total. The summed E-state index contributed by atoms with van der Waals surface area (Å²) >= 11 is 24.7. The number of carbonyl (C=O) groups excluding carboxylic acids is 4. The second kappa shape index (κ2) is 33.0. The molecular formula is C60H52N4O12S8. The summed E-state index contributed by atoms with van der Waals surface area (Å²) in [7, 11) is 0. The average Bonchev–Trinajstić information content (AvgIpc) is 4.28. The monoisotopic (exact) mass is 1280 g/mol. The van der Waals surface area contributed by atoms with Crippen molar-refractivity contribution in [3.8, 4) is 0 Å². The van der Waals surface area contributed by atoms with Crippen LogP contribution < -0.4 is 0 Å². The predicted molar refractivity (Wildman–Crippen MR) is 351 cm³/mol. The minimum absolute atomic E-state index is 0.279. The number of benzene rings is 4. The molecular weight excluding hydrogens is 1230 g/mol. The standard InChI is InChI=1S/4C15H13NO3S2/c4*1-10(7-11-5-3-2-4-6-11)8-12-14(19)16(9-13(17)18)15(20)21-12/h4*2-8H,9H2,1H3,(H,17,18)/b4*10-7+,12-8-. The Bertz CT molecular complexity index is 3060. The highest BCUT2D eigenvalue weighted by molar-refractivity contribution is 8.27. The van der Waals surface area contributed by atoms with Gasteiger partial charge in [-0.1, -0.05) is 242 Å². The van der Waals surface area contributed by atoms with E-state index in [1.807, 2.05) is 173 Å². The summed E-state index contributed by atoms with van der Waals surface area (Å²) in [6.45, 7) is 5.95. The molecule has 4 fully saturated rings. The summed E-state index contributed by atoms with van der Waals surface area (Å²) in [5.74, 6) is -5.73. The minimum atomic E-state index is -1.08. The third kappa shape index (κ3) is 21.5. The van der Waals surface area contributed by atoms with Crippen LogP contribution in [0.25, 0.3) is 24.3 Å². The lowest BCUT2D eigenvalue weighted by Gasteiger charge is -2.10. The van der Waals surface area contributed by atoms with Crippen LogP contribution in [-0.4, -0.2) is 131 Å². The van der Waals surface area contributed by atoms with E-state index in [4.69, 9.17) is 69.3 Å². The van der Waals surface area contributed by atoms with Gasteiger partial charge in [0, 0.05) is 0 Å². The topological polar surface area (TPSA) is 230 Å². The number of hydrogen-bond acceptors (Lipinski definition) is 16. The van der Waals surface area contributed by atoms with E-state index in [-0.39, 0.29) is 40.9 Å². The molecule has 4 aliphatic rings. The van der Waals surface area contributed by atoms with Crippen LogP contribution in [0, 0.1) is 0 Å². The van der Waals surface area contributed by atoms with Crippen molar-refractivity contribution in [2.45, 2.75) is 27.7 Å². The van der Waals surface area contributed by atoms with Crippen LogP contribution in [0.2, 0.25) is 0 Å². The zero-order valence-corrected chi connectivity index (χ0v) is 51.6. The van der Waals surface area contributed by atoms with Gasteiger partial charge < -0.3 is 20.4 Å². The van der Waals surface area contributed by atoms with E-state index in [0.717, 1.165) is 111 Å². The van der Waals surface area contributed by atoms with Crippen LogP contribution in [-0.2, 0) is 38.4 Å². The molecule has 4 amide bonds. The number of amides is 4. The van der Waals surface area contributed by atoms with Crippen LogP contribution in [0.5, 0.6) is 0 Å². The van der Waals surface area contributed by atoms with Gasteiger partial charge in [-0.2, -0.15) is 0 Å². The van der Waals surface area contributed by atoms with Crippen LogP contribution in [0.15, 0.2) is 188 Å². The summed E-state index contributed by atoms with van der Waals surface area (Å²) in [5.41, 5.74) is 7.74. The fourth-order valence-corrected chi connectivity index (χ4v) is 12.5. The van der Waals surface area contributed by atoms with E-state index < -0.39 is 50.1 Å². The SMILES string of the molecule is CC(/C=C1\SC(=S)N(CC(=O)O)C1=O)=C\c1ccccc1.CC(/C=C1\SC(=S)N(CC(=O)O)C1=O)=C\c1ccccc1.CC(/C=C1\SC(=S)N(CC(=O)O)C1=O)=C\c1ccccc1.CC(/C=C1\SC(=S)N(CC(=O)O)C1=O)=C\c1ccccc1. The number of carboxylic acid groups (broad SMARTS) is 4. The second-order valence-electron chi connectivity index (χ2n) is 17.8.